The first-order chi connectivity index (χ1) is 10.0. The van der Waals surface area contributed by atoms with Gasteiger partial charge in [-0.15, -0.1) is 0 Å². The van der Waals surface area contributed by atoms with Gasteiger partial charge in [-0.2, -0.15) is 0 Å². The molecule has 1 saturated carbocycles. The van der Waals surface area contributed by atoms with Crippen molar-refractivity contribution in [1.29, 1.82) is 0 Å². The van der Waals surface area contributed by atoms with Gasteiger partial charge in [0.2, 0.25) is 5.91 Å². The first-order valence-electron chi connectivity index (χ1n) is 6.85. The molecule has 0 unspecified atom stereocenters. The molecular formula is C17H15F2NO. The van der Waals surface area contributed by atoms with Gasteiger partial charge in [0.25, 0.3) is 0 Å². The van der Waals surface area contributed by atoms with E-state index in [1.165, 1.54) is 6.07 Å². The van der Waals surface area contributed by atoms with E-state index in [2.05, 4.69) is 5.32 Å². The molecule has 0 radical (unpaired) electrons. The van der Waals surface area contributed by atoms with Gasteiger partial charge < -0.3 is 5.32 Å². The van der Waals surface area contributed by atoms with Gasteiger partial charge in [0.15, 0.2) is 0 Å². The molecule has 0 heterocycles. The van der Waals surface area contributed by atoms with Gasteiger partial charge in [-0.25, -0.2) is 8.78 Å². The van der Waals surface area contributed by atoms with Crippen LogP contribution in [0.5, 0.6) is 0 Å². The van der Waals surface area contributed by atoms with E-state index >= 15 is 0 Å². The van der Waals surface area contributed by atoms with Crippen LogP contribution in [0.3, 0.4) is 0 Å². The molecule has 108 valence electrons. The quantitative estimate of drug-likeness (QED) is 0.910. The molecule has 0 aliphatic heterocycles. The molecule has 2 nitrogen and oxygen atoms in total. The van der Waals surface area contributed by atoms with Crippen molar-refractivity contribution in [2.45, 2.75) is 25.2 Å². The zero-order valence-electron chi connectivity index (χ0n) is 11.6. The number of aryl methyl sites for hydroxylation is 1. The van der Waals surface area contributed by atoms with Crippen LogP contribution in [0.1, 0.15) is 24.0 Å². The first-order valence-corrected chi connectivity index (χ1v) is 6.85. The van der Waals surface area contributed by atoms with E-state index in [1.807, 2.05) is 31.2 Å². The van der Waals surface area contributed by atoms with E-state index in [4.69, 9.17) is 0 Å². The number of hydrogen-bond donors (Lipinski definition) is 1. The maximum atomic E-state index is 13.6. The maximum absolute atomic E-state index is 13.6. The average molecular weight is 287 g/mol. The van der Waals surface area contributed by atoms with E-state index in [-0.39, 0.29) is 11.6 Å². The molecule has 0 atom stereocenters. The molecule has 0 aromatic heterocycles. The van der Waals surface area contributed by atoms with Gasteiger partial charge in [-0.1, -0.05) is 35.9 Å². The standard InChI is InChI=1S/C17H15F2NO/c1-11-5-7-12(8-6-11)17(9-10-17)16(21)20-15-13(18)3-2-4-14(15)19/h2-8H,9-10H2,1H3,(H,20,21). The SMILES string of the molecule is Cc1ccc(C2(C(=O)Nc3c(F)cccc3F)CC2)cc1. The second kappa shape index (κ2) is 4.95. The highest BCUT2D eigenvalue weighted by Gasteiger charge is 2.51. The number of rotatable bonds is 3. The van der Waals surface area contributed by atoms with E-state index in [9.17, 15) is 13.6 Å². The largest absolute Gasteiger partial charge is 0.320 e. The topological polar surface area (TPSA) is 29.1 Å². The third-order valence-electron chi connectivity index (χ3n) is 3.99. The number of para-hydroxylation sites is 1. The lowest BCUT2D eigenvalue weighted by molar-refractivity contribution is -0.118. The van der Waals surface area contributed by atoms with Gasteiger partial charge in [-0.3, -0.25) is 4.79 Å². The maximum Gasteiger partial charge on any atom is 0.235 e. The highest BCUT2D eigenvalue weighted by molar-refractivity contribution is 6.01. The molecule has 0 bridgehead atoms. The van der Waals surface area contributed by atoms with Crippen LogP contribution in [0.2, 0.25) is 0 Å². The molecule has 2 aromatic carbocycles. The van der Waals surface area contributed by atoms with E-state index < -0.39 is 17.0 Å². The minimum Gasteiger partial charge on any atom is -0.320 e. The smallest absolute Gasteiger partial charge is 0.235 e. The van der Waals surface area contributed by atoms with Gasteiger partial charge in [0.05, 0.1) is 5.41 Å². The van der Waals surface area contributed by atoms with Gasteiger partial charge in [0.1, 0.15) is 17.3 Å². The number of nitrogens with one attached hydrogen (secondary N) is 1. The molecule has 1 aliphatic rings. The zero-order chi connectivity index (χ0) is 15.0. The molecule has 1 N–H and O–H groups in total. The molecule has 4 heteroatoms. The molecule has 1 amide bonds. The number of carbonyl (C=O) groups is 1. The monoisotopic (exact) mass is 287 g/mol. The van der Waals surface area contributed by atoms with Gasteiger partial charge in [-0.05, 0) is 37.5 Å². The first kappa shape index (κ1) is 13.7. The molecule has 1 aliphatic carbocycles. The van der Waals surface area contributed by atoms with Crippen molar-refractivity contribution < 1.29 is 13.6 Å². The highest BCUT2D eigenvalue weighted by atomic mass is 19.1. The number of carbonyl (C=O) groups excluding carboxylic acids is 1. The molecule has 0 saturated heterocycles. The Labute approximate surface area is 121 Å². The summed E-state index contributed by atoms with van der Waals surface area (Å²) >= 11 is 0. The zero-order valence-corrected chi connectivity index (χ0v) is 11.6. The number of anilines is 1. The van der Waals surface area contributed by atoms with Crippen molar-refractivity contribution in [3.63, 3.8) is 0 Å². The van der Waals surface area contributed by atoms with Crippen molar-refractivity contribution in [1.82, 2.24) is 0 Å². The lowest BCUT2D eigenvalue weighted by Gasteiger charge is -2.16. The lowest BCUT2D eigenvalue weighted by atomic mass is 9.94. The van der Waals surface area contributed by atoms with Crippen LogP contribution in [-0.2, 0) is 10.2 Å². The van der Waals surface area contributed by atoms with Crippen molar-refractivity contribution >= 4 is 11.6 Å². The normalized spacial score (nSPS) is 15.6. The molecule has 21 heavy (non-hydrogen) atoms. The van der Waals surface area contributed by atoms with Crippen LogP contribution in [0, 0.1) is 18.6 Å². The summed E-state index contributed by atoms with van der Waals surface area (Å²) < 4.78 is 27.2. The van der Waals surface area contributed by atoms with Crippen LogP contribution in [-0.4, -0.2) is 5.91 Å². The molecular weight excluding hydrogens is 272 g/mol. The number of halogens is 2. The molecule has 3 rings (SSSR count). The fraction of sp³-hybridized carbons (Fsp3) is 0.235. The van der Waals surface area contributed by atoms with Crippen LogP contribution < -0.4 is 5.32 Å². The van der Waals surface area contributed by atoms with Gasteiger partial charge >= 0.3 is 0 Å². The minimum atomic E-state index is -0.761. The lowest BCUT2D eigenvalue weighted by Crippen LogP contribution is -2.28. The summed E-state index contributed by atoms with van der Waals surface area (Å²) in [4.78, 5) is 12.4. The fourth-order valence-corrected chi connectivity index (χ4v) is 2.49. The van der Waals surface area contributed by atoms with Crippen LogP contribution in [0.15, 0.2) is 42.5 Å². The Morgan fingerprint density at radius 1 is 1.05 bits per heavy atom. The predicted octanol–water partition coefficient (Wildman–Crippen LogP) is 3.94. The predicted molar refractivity (Wildman–Crippen MR) is 77.1 cm³/mol. The Kier molecular flexibility index (Phi) is 3.24. The summed E-state index contributed by atoms with van der Waals surface area (Å²) in [6.45, 7) is 1.97. The average Bonchev–Trinajstić information content (AvgIpc) is 3.25. The number of hydrogen-bond acceptors (Lipinski definition) is 1. The van der Waals surface area contributed by atoms with Crippen molar-refractivity contribution in [3.8, 4) is 0 Å². The Morgan fingerprint density at radius 2 is 1.62 bits per heavy atom. The molecule has 0 spiro atoms. The Hall–Kier alpha value is -2.23. The molecule has 2 aromatic rings. The second-order valence-electron chi connectivity index (χ2n) is 5.50. The van der Waals surface area contributed by atoms with Crippen molar-refractivity contribution in [3.05, 3.63) is 65.2 Å². The van der Waals surface area contributed by atoms with Crippen molar-refractivity contribution in [2.24, 2.45) is 0 Å². The minimum absolute atomic E-state index is 0.352. The highest BCUT2D eigenvalue weighted by Crippen LogP contribution is 2.49. The second-order valence-corrected chi connectivity index (χ2v) is 5.50. The Bertz CT molecular complexity index is 670. The summed E-state index contributed by atoms with van der Waals surface area (Å²) in [5.74, 6) is -1.87. The summed E-state index contributed by atoms with van der Waals surface area (Å²) in [5, 5.41) is 2.41. The number of benzene rings is 2. The van der Waals surface area contributed by atoms with Gasteiger partial charge in [0, 0.05) is 0 Å². The summed E-state index contributed by atoms with van der Waals surface area (Å²) in [7, 11) is 0. The van der Waals surface area contributed by atoms with E-state index in [0.717, 1.165) is 23.3 Å². The Balaban J connectivity index is 1.87. The van der Waals surface area contributed by atoms with Crippen molar-refractivity contribution in [2.75, 3.05) is 5.32 Å². The Morgan fingerprint density at radius 3 is 2.14 bits per heavy atom. The van der Waals surface area contributed by atoms with Crippen LogP contribution in [0.4, 0.5) is 14.5 Å². The fourth-order valence-electron chi connectivity index (χ4n) is 2.49. The number of amides is 1. The third-order valence-corrected chi connectivity index (χ3v) is 3.99. The van der Waals surface area contributed by atoms with E-state index in [1.54, 1.807) is 0 Å². The third kappa shape index (κ3) is 2.42. The van der Waals surface area contributed by atoms with Crippen LogP contribution in [0.25, 0.3) is 0 Å². The molecule has 1 fully saturated rings. The summed E-state index contributed by atoms with van der Waals surface area (Å²) in [6, 6.07) is 11.2. The summed E-state index contributed by atoms with van der Waals surface area (Å²) in [6.07, 6.45) is 1.38. The summed E-state index contributed by atoms with van der Waals surface area (Å²) in [5.41, 5.74) is 0.973. The van der Waals surface area contributed by atoms with E-state index in [0.29, 0.717) is 12.8 Å². The van der Waals surface area contributed by atoms with Crippen LogP contribution >= 0.6 is 0 Å².